The van der Waals surface area contributed by atoms with Crippen molar-refractivity contribution in [2.45, 2.75) is 32.2 Å². The summed E-state index contributed by atoms with van der Waals surface area (Å²) in [5, 5.41) is 0. The van der Waals surface area contributed by atoms with Crippen molar-refractivity contribution >= 4 is 17.2 Å². The molecule has 2 aromatic carbocycles. The van der Waals surface area contributed by atoms with E-state index in [9.17, 15) is 4.79 Å². The number of amides is 1. The highest BCUT2D eigenvalue weighted by Crippen LogP contribution is 2.32. The quantitative estimate of drug-likeness (QED) is 0.540. The van der Waals surface area contributed by atoms with E-state index >= 15 is 0 Å². The van der Waals surface area contributed by atoms with Gasteiger partial charge < -0.3 is 9.64 Å². The molecule has 0 bridgehead atoms. The minimum Gasteiger partial charge on any atom is -0.457 e. The van der Waals surface area contributed by atoms with Gasteiger partial charge in [0.15, 0.2) is 0 Å². The second-order valence-corrected chi connectivity index (χ2v) is 8.03. The molecule has 1 amide bonds. The van der Waals surface area contributed by atoms with Crippen molar-refractivity contribution in [3.8, 4) is 21.9 Å². The van der Waals surface area contributed by atoms with E-state index in [4.69, 9.17) is 4.74 Å². The maximum Gasteiger partial charge on any atom is 0.264 e. The normalized spacial score (nSPS) is 16.9. The number of likely N-dealkylation sites (tertiary alicyclic amines) is 1. The highest BCUT2D eigenvalue weighted by molar-refractivity contribution is 7.17. The number of nitrogens with zero attached hydrogens (tertiary/aromatic N) is 1. The largest absolute Gasteiger partial charge is 0.457 e. The zero-order valence-corrected chi connectivity index (χ0v) is 16.2. The smallest absolute Gasteiger partial charge is 0.264 e. The van der Waals surface area contributed by atoms with Gasteiger partial charge in [0, 0.05) is 17.5 Å². The second kappa shape index (κ2) is 7.97. The fourth-order valence-electron chi connectivity index (χ4n) is 3.46. The Balaban J connectivity index is 1.47. The first-order valence-corrected chi connectivity index (χ1v) is 10.3. The Hall–Kier alpha value is -2.59. The molecule has 1 aromatic heterocycles. The van der Waals surface area contributed by atoms with Gasteiger partial charge in [-0.1, -0.05) is 18.2 Å². The summed E-state index contributed by atoms with van der Waals surface area (Å²) in [4.78, 5) is 16.8. The number of thiophene rings is 1. The monoisotopic (exact) mass is 377 g/mol. The van der Waals surface area contributed by atoms with Gasteiger partial charge in [0.2, 0.25) is 0 Å². The summed E-state index contributed by atoms with van der Waals surface area (Å²) in [5.41, 5.74) is 1.10. The van der Waals surface area contributed by atoms with Crippen LogP contribution in [0, 0.1) is 0 Å². The Kier molecular flexibility index (Phi) is 5.26. The Morgan fingerprint density at radius 2 is 1.70 bits per heavy atom. The van der Waals surface area contributed by atoms with Gasteiger partial charge in [0.1, 0.15) is 11.5 Å². The molecule has 0 saturated carbocycles. The average Bonchev–Trinajstić information content (AvgIpc) is 3.19. The first-order valence-electron chi connectivity index (χ1n) is 9.45. The Bertz CT molecular complexity index is 902. The van der Waals surface area contributed by atoms with Gasteiger partial charge in [-0.3, -0.25) is 4.79 Å². The highest BCUT2D eigenvalue weighted by atomic mass is 32.1. The van der Waals surface area contributed by atoms with E-state index in [0.29, 0.717) is 6.04 Å². The van der Waals surface area contributed by atoms with Crippen molar-refractivity contribution in [2.75, 3.05) is 6.54 Å². The van der Waals surface area contributed by atoms with Crippen molar-refractivity contribution in [1.82, 2.24) is 4.90 Å². The first kappa shape index (κ1) is 17.8. The van der Waals surface area contributed by atoms with Crippen LogP contribution in [0.1, 0.15) is 35.9 Å². The molecule has 3 nitrogen and oxygen atoms in total. The van der Waals surface area contributed by atoms with Crippen LogP contribution >= 0.6 is 11.3 Å². The van der Waals surface area contributed by atoms with Crippen LogP contribution in [-0.2, 0) is 0 Å². The molecule has 1 saturated heterocycles. The lowest BCUT2D eigenvalue weighted by Gasteiger charge is -2.33. The van der Waals surface area contributed by atoms with Gasteiger partial charge in [-0.25, -0.2) is 0 Å². The molecule has 1 aliphatic rings. The molecule has 1 atom stereocenters. The maximum atomic E-state index is 12.8. The molecule has 2 heterocycles. The molecule has 27 heavy (non-hydrogen) atoms. The summed E-state index contributed by atoms with van der Waals surface area (Å²) in [6.07, 6.45) is 3.43. The van der Waals surface area contributed by atoms with Gasteiger partial charge in [-0.2, -0.15) is 0 Å². The van der Waals surface area contributed by atoms with Crippen LogP contribution in [-0.4, -0.2) is 23.4 Å². The summed E-state index contributed by atoms with van der Waals surface area (Å²) in [5.74, 6) is 1.80. The van der Waals surface area contributed by atoms with Gasteiger partial charge in [0.25, 0.3) is 5.91 Å². The lowest BCUT2D eigenvalue weighted by Crippen LogP contribution is -2.41. The van der Waals surface area contributed by atoms with Crippen LogP contribution in [0.4, 0.5) is 0 Å². The lowest BCUT2D eigenvalue weighted by molar-refractivity contribution is 0.0640. The van der Waals surface area contributed by atoms with Crippen molar-refractivity contribution in [2.24, 2.45) is 0 Å². The van der Waals surface area contributed by atoms with Crippen LogP contribution in [0.5, 0.6) is 11.5 Å². The van der Waals surface area contributed by atoms with E-state index in [-0.39, 0.29) is 5.91 Å². The molecule has 138 valence electrons. The van der Waals surface area contributed by atoms with E-state index in [1.807, 2.05) is 71.6 Å². The number of benzene rings is 2. The van der Waals surface area contributed by atoms with Gasteiger partial charge in [0.05, 0.1) is 4.88 Å². The summed E-state index contributed by atoms with van der Waals surface area (Å²) < 4.78 is 5.85. The zero-order valence-electron chi connectivity index (χ0n) is 15.4. The Labute approximate surface area is 164 Å². The fourth-order valence-corrected chi connectivity index (χ4v) is 4.43. The van der Waals surface area contributed by atoms with Crippen LogP contribution in [0.25, 0.3) is 10.4 Å². The number of piperidine rings is 1. The van der Waals surface area contributed by atoms with E-state index in [1.165, 1.54) is 6.42 Å². The topological polar surface area (TPSA) is 29.5 Å². The molecule has 0 spiro atoms. The molecule has 1 fully saturated rings. The van der Waals surface area contributed by atoms with Gasteiger partial charge in [-0.15, -0.1) is 11.3 Å². The van der Waals surface area contributed by atoms with Crippen LogP contribution in [0.2, 0.25) is 0 Å². The SMILES string of the molecule is C[C@H]1CCCCN1C(=O)c1ccc(-c2ccc(Oc3ccccc3)cc2)s1. The van der Waals surface area contributed by atoms with E-state index < -0.39 is 0 Å². The molecule has 3 aromatic rings. The third kappa shape index (κ3) is 4.06. The predicted octanol–water partition coefficient (Wildman–Crippen LogP) is 6.22. The number of ether oxygens (including phenoxy) is 1. The third-order valence-electron chi connectivity index (χ3n) is 5.00. The molecular formula is C23H23NO2S. The van der Waals surface area contributed by atoms with Crippen molar-refractivity contribution in [1.29, 1.82) is 0 Å². The molecule has 0 N–H and O–H groups in total. The minimum atomic E-state index is 0.169. The van der Waals surface area contributed by atoms with Crippen molar-refractivity contribution in [3.05, 3.63) is 71.6 Å². The molecule has 4 rings (SSSR count). The number of hydrogen-bond donors (Lipinski definition) is 0. The molecular weight excluding hydrogens is 354 g/mol. The summed E-state index contributed by atoms with van der Waals surface area (Å²) >= 11 is 1.57. The van der Waals surface area contributed by atoms with Crippen molar-refractivity contribution < 1.29 is 9.53 Å². The minimum absolute atomic E-state index is 0.169. The number of carbonyl (C=O) groups is 1. The molecule has 1 aliphatic heterocycles. The molecule has 0 radical (unpaired) electrons. The van der Waals surface area contributed by atoms with Crippen molar-refractivity contribution in [3.63, 3.8) is 0 Å². The first-order chi connectivity index (χ1) is 13.2. The second-order valence-electron chi connectivity index (χ2n) is 6.95. The van der Waals surface area contributed by atoms with Gasteiger partial charge >= 0.3 is 0 Å². The third-order valence-corrected chi connectivity index (χ3v) is 6.12. The standard InChI is InChI=1S/C23H23NO2S/c1-17-7-5-6-16-24(17)23(25)22-15-14-21(27-22)18-10-12-20(13-11-18)26-19-8-3-2-4-9-19/h2-4,8-15,17H,5-7,16H2,1H3/t17-/m0/s1. The number of rotatable bonds is 4. The number of carbonyl (C=O) groups excluding carboxylic acids is 1. The van der Waals surface area contributed by atoms with Crippen LogP contribution in [0.3, 0.4) is 0 Å². The van der Waals surface area contributed by atoms with Crippen LogP contribution < -0.4 is 4.74 Å². The lowest BCUT2D eigenvalue weighted by atomic mass is 10.0. The Morgan fingerprint density at radius 3 is 2.44 bits per heavy atom. The van der Waals surface area contributed by atoms with Gasteiger partial charge in [-0.05, 0) is 80.3 Å². The van der Waals surface area contributed by atoms with E-state index in [0.717, 1.165) is 46.2 Å². The van der Waals surface area contributed by atoms with Crippen LogP contribution in [0.15, 0.2) is 66.7 Å². The summed E-state index contributed by atoms with van der Waals surface area (Å²) in [6, 6.07) is 22.1. The Morgan fingerprint density at radius 1 is 0.963 bits per heavy atom. The predicted molar refractivity (Wildman–Crippen MR) is 111 cm³/mol. The van der Waals surface area contributed by atoms with E-state index in [1.54, 1.807) is 11.3 Å². The highest BCUT2D eigenvalue weighted by Gasteiger charge is 2.25. The average molecular weight is 378 g/mol. The number of para-hydroxylation sites is 1. The molecule has 0 aliphatic carbocycles. The summed E-state index contributed by atoms with van der Waals surface area (Å²) in [7, 11) is 0. The molecule has 4 heteroatoms. The maximum absolute atomic E-state index is 12.8. The summed E-state index contributed by atoms with van der Waals surface area (Å²) in [6.45, 7) is 3.02. The molecule has 0 unspecified atom stereocenters. The number of hydrogen-bond acceptors (Lipinski definition) is 3. The fraction of sp³-hybridized carbons (Fsp3) is 0.261. The zero-order chi connectivity index (χ0) is 18.6. The van der Waals surface area contributed by atoms with E-state index in [2.05, 4.69) is 6.92 Å².